The van der Waals surface area contributed by atoms with Crippen molar-refractivity contribution in [1.82, 2.24) is 20.2 Å². The first-order chi connectivity index (χ1) is 10.1. The molecule has 0 unspecified atom stereocenters. The summed E-state index contributed by atoms with van der Waals surface area (Å²) >= 11 is 6.25. The van der Waals surface area contributed by atoms with Crippen molar-refractivity contribution >= 4 is 17.3 Å². The van der Waals surface area contributed by atoms with Gasteiger partial charge in [0.2, 0.25) is 0 Å². The molecule has 2 aromatic rings. The van der Waals surface area contributed by atoms with Gasteiger partial charge in [-0.1, -0.05) is 11.6 Å². The van der Waals surface area contributed by atoms with Gasteiger partial charge in [0.05, 0.1) is 16.4 Å². The summed E-state index contributed by atoms with van der Waals surface area (Å²) in [5, 5.41) is 11.1. The van der Waals surface area contributed by atoms with Gasteiger partial charge in [0.15, 0.2) is 5.82 Å². The van der Waals surface area contributed by atoms with E-state index in [4.69, 9.17) is 16.3 Å². The molecule has 112 valence electrons. The van der Waals surface area contributed by atoms with Gasteiger partial charge >= 0.3 is 0 Å². The normalized spacial score (nSPS) is 21.7. The molecule has 1 aliphatic heterocycles. The number of aromatic nitrogens is 4. The minimum absolute atomic E-state index is 0.0656. The molecule has 6 nitrogen and oxygen atoms in total. The van der Waals surface area contributed by atoms with E-state index in [9.17, 15) is 0 Å². The number of hydrogen-bond donors (Lipinski definition) is 2. The van der Waals surface area contributed by atoms with Crippen LogP contribution < -0.4 is 5.32 Å². The minimum atomic E-state index is -0.0656. The van der Waals surface area contributed by atoms with E-state index in [2.05, 4.69) is 25.5 Å². The summed E-state index contributed by atoms with van der Waals surface area (Å²) in [7, 11) is 0. The lowest BCUT2D eigenvalue weighted by atomic mass is 10.0. The van der Waals surface area contributed by atoms with Gasteiger partial charge in [0.1, 0.15) is 11.9 Å². The lowest BCUT2D eigenvalue weighted by Crippen LogP contribution is -2.19. The number of pyridine rings is 1. The molecule has 0 aromatic carbocycles. The van der Waals surface area contributed by atoms with E-state index >= 15 is 0 Å². The van der Waals surface area contributed by atoms with E-state index in [0.717, 1.165) is 42.6 Å². The van der Waals surface area contributed by atoms with E-state index < -0.39 is 0 Å². The predicted octanol–water partition coefficient (Wildman–Crippen LogP) is 2.66. The van der Waals surface area contributed by atoms with Gasteiger partial charge in [-0.15, -0.1) is 0 Å². The summed E-state index contributed by atoms with van der Waals surface area (Å²) in [5.41, 5.74) is 1.73. The summed E-state index contributed by atoms with van der Waals surface area (Å²) in [5.74, 6) is 1.86. The van der Waals surface area contributed by atoms with Crippen molar-refractivity contribution in [2.75, 3.05) is 18.5 Å². The first-order valence-electron chi connectivity index (χ1n) is 7.00. The molecule has 0 saturated carbocycles. The molecule has 2 aromatic heterocycles. The zero-order valence-electron chi connectivity index (χ0n) is 12.1. The fraction of sp³-hybridized carbons (Fsp3) is 0.500. The fourth-order valence-electron chi connectivity index (χ4n) is 2.54. The molecule has 1 fully saturated rings. The highest BCUT2D eigenvalue weighted by Crippen LogP contribution is 2.33. The van der Waals surface area contributed by atoms with Crippen LogP contribution in [0.15, 0.2) is 12.3 Å². The Balaban J connectivity index is 1.68. The van der Waals surface area contributed by atoms with Gasteiger partial charge in [0, 0.05) is 25.3 Å². The molecule has 7 heteroatoms. The zero-order chi connectivity index (χ0) is 14.8. The maximum atomic E-state index is 6.25. The average molecular weight is 308 g/mol. The summed E-state index contributed by atoms with van der Waals surface area (Å²) in [6.07, 6.45) is 2.67. The molecule has 21 heavy (non-hydrogen) atoms. The Morgan fingerprint density at radius 1 is 1.48 bits per heavy atom. The van der Waals surface area contributed by atoms with Crippen molar-refractivity contribution in [3.05, 3.63) is 34.6 Å². The summed E-state index contributed by atoms with van der Waals surface area (Å²) < 4.78 is 5.78. The van der Waals surface area contributed by atoms with Crippen LogP contribution >= 0.6 is 11.6 Å². The number of H-pyrrole nitrogens is 1. The predicted molar refractivity (Wildman–Crippen MR) is 80.4 cm³/mol. The van der Waals surface area contributed by atoms with Gasteiger partial charge in [-0.3, -0.25) is 10.1 Å². The smallest absolute Gasteiger partial charge is 0.179 e. The molecule has 0 bridgehead atoms. The summed E-state index contributed by atoms with van der Waals surface area (Å²) in [6, 6.07) is 1.89. The van der Waals surface area contributed by atoms with Crippen molar-refractivity contribution in [2.24, 2.45) is 5.92 Å². The minimum Gasteiger partial charge on any atom is -0.383 e. The van der Waals surface area contributed by atoms with Crippen LogP contribution in [0.3, 0.4) is 0 Å². The highest BCUT2D eigenvalue weighted by atomic mass is 35.5. The van der Waals surface area contributed by atoms with Gasteiger partial charge < -0.3 is 10.1 Å². The van der Waals surface area contributed by atoms with Crippen LogP contribution in [0.1, 0.15) is 29.9 Å². The van der Waals surface area contributed by atoms with Crippen LogP contribution in [-0.2, 0) is 4.74 Å². The summed E-state index contributed by atoms with van der Waals surface area (Å²) in [6.45, 7) is 5.28. The lowest BCUT2D eigenvalue weighted by Gasteiger charge is -2.17. The number of halogens is 1. The van der Waals surface area contributed by atoms with Crippen LogP contribution in [-0.4, -0.2) is 33.3 Å². The Kier molecular flexibility index (Phi) is 4.07. The number of hydrogen-bond acceptors (Lipinski definition) is 5. The van der Waals surface area contributed by atoms with Gasteiger partial charge in [0.25, 0.3) is 0 Å². The van der Waals surface area contributed by atoms with Gasteiger partial charge in [-0.05, 0) is 26.3 Å². The molecule has 3 rings (SSSR count). The third kappa shape index (κ3) is 3.01. The first-order valence-corrected chi connectivity index (χ1v) is 7.38. The van der Waals surface area contributed by atoms with Crippen LogP contribution in [0.25, 0.3) is 0 Å². The number of nitrogens with zero attached hydrogens (tertiary/aromatic N) is 3. The van der Waals surface area contributed by atoms with E-state index in [0.29, 0.717) is 10.9 Å². The van der Waals surface area contributed by atoms with Gasteiger partial charge in [-0.25, -0.2) is 4.98 Å². The van der Waals surface area contributed by atoms with Crippen LogP contribution in [0.4, 0.5) is 5.69 Å². The Morgan fingerprint density at radius 3 is 3.10 bits per heavy atom. The second kappa shape index (κ2) is 5.99. The second-order valence-corrected chi connectivity index (χ2v) is 5.64. The molecular weight excluding hydrogens is 290 g/mol. The monoisotopic (exact) mass is 307 g/mol. The molecule has 1 aliphatic rings. The molecule has 0 aliphatic carbocycles. The first kappa shape index (κ1) is 14.3. The third-order valence-electron chi connectivity index (χ3n) is 3.70. The molecule has 0 spiro atoms. The quantitative estimate of drug-likeness (QED) is 0.908. The van der Waals surface area contributed by atoms with Crippen molar-refractivity contribution in [2.45, 2.75) is 26.4 Å². The highest BCUT2D eigenvalue weighted by molar-refractivity contribution is 6.33. The second-order valence-electron chi connectivity index (χ2n) is 5.26. The number of ether oxygens (including phenoxy) is 1. The Labute approximate surface area is 128 Å². The maximum absolute atomic E-state index is 6.25. The largest absolute Gasteiger partial charge is 0.383 e. The Bertz CT molecular complexity index is 630. The average Bonchev–Trinajstić information content (AvgIpc) is 3.09. The SMILES string of the molecule is Cc1nc([C@H]2OCC[C@H]2CNc2ccnc(C)c2Cl)n[nH]1. The fourth-order valence-corrected chi connectivity index (χ4v) is 2.72. The van der Waals surface area contributed by atoms with E-state index in [1.54, 1.807) is 6.20 Å². The Morgan fingerprint density at radius 2 is 2.33 bits per heavy atom. The molecule has 3 heterocycles. The van der Waals surface area contributed by atoms with E-state index in [1.165, 1.54) is 0 Å². The Hall–Kier alpha value is -1.66. The molecular formula is C14H18ClN5O. The van der Waals surface area contributed by atoms with E-state index in [1.807, 2.05) is 19.9 Å². The molecule has 0 amide bonds. The number of anilines is 1. The van der Waals surface area contributed by atoms with Crippen LogP contribution in [0.2, 0.25) is 5.02 Å². The van der Waals surface area contributed by atoms with Crippen molar-refractivity contribution in [3.8, 4) is 0 Å². The lowest BCUT2D eigenvalue weighted by molar-refractivity contribution is 0.0864. The van der Waals surface area contributed by atoms with E-state index in [-0.39, 0.29) is 6.10 Å². The number of aryl methyl sites for hydroxylation is 2. The van der Waals surface area contributed by atoms with Crippen LogP contribution in [0, 0.1) is 19.8 Å². The number of nitrogens with one attached hydrogen (secondary N) is 2. The number of rotatable bonds is 4. The number of aromatic amines is 1. The molecule has 2 atom stereocenters. The van der Waals surface area contributed by atoms with Crippen molar-refractivity contribution in [3.63, 3.8) is 0 Å². The molecule has 2 N–H and O–H groups in total. The topological polar surface area (TPSA) is 75.7 Å². The highest BCUT2D eigenvalue weighted by Gasteiger charge is 2.32. The van der Waals surface area contributed by atoms with Crippen molar-refractivity contribution < 1.29 is 4.74 Å². The standard InChI is InChI=1S/C14H18ClN5O/c1-8-12(15)11(3-5-16-8)17-7-10-4-6-21-13(10)14-18-9(2)19-20-14/h3,5,10,13H,4,6-7H2,1-2H3,(H,16,17)(H,18,19,20)/t10-,13-/m0/s1. The molecule has 0 radical (unpaired) electrons. The van der Waals surface area contributed by atoms with Crippen molar-refractivity contribution in [1.29, 1.82) is 0 Å². The van der Waals surface area contributed by atoms with Crippen LogP contribution in [0.5, 0.6) is 0 Å². The van der Waals surface area contributed by atoms with Gasteiger partial charge in [-0.2, -0.15) is 5.10 Å². The maximum Gasteiger partial charge on any atom is 0.179 e. The zero-order valence-corrected chi connectivity index (χ0v) is 12.8. The summed E-state index contributed by atoms with van der Waals surface area (Å²) in [4.78, 5) is 8.54. The third-order valence-corrected chi connectivity index (χ3v) is 4.18. The molecule has 1 saturated heterocycles.